The summed E-state index contributed by atoms with van der Waals surface area (Å²) in [6.07, 6.45) is 4.57. The lowest BCUT2D eigenvalue weighted by atomic mass is 10.1. The third kappa shape index (κ3) is 3.26. The first-order valence-corrected chi connectivity index (χ1v) is 6.91. The zero-order valence-electron chi connectivity index (χ0n) is 10.4. The zero-order valence-corrected chi connectivity index (χ0v) is 11.2. The number of carbonyl (C=O) groups is 1. The average Bonchev–Trinajstić information content (AvgIpc) is 2.79. The van der Waals surface area contributed by atoms with Crippen LogP contribution < -0.4 is 5.32 Å². The highest BCUT2D eigenvalue weighted by Gasteiger charge is 2.22. The van der Waals surface area contributed by atoms with Crippen LogP contribution in [0.1, 0.15) is 29.7 Å². The van der Waals surface area contributed by atoms with Crippen molar-refractivity contribution in [2.75, 3.05) is 13.6 Å². The van der Waals surface area contributed by atoms with Crippen molar-refractivity contribution in [3.63, 3.8) is 0 Å². The molecule has 94 valence electrons. The van der Waals surface area contributed by atoms with Crippen molar-refractivity contribution in [3.8, 4) is 0 Å². The van der Waals surface area contributed by atoms with Crippen LogP contribution in [0, 0.1) is 0 Å². The molecule has 17 heavy (non-hydrogen) atoms. The maximum Gasteiger partial charge on any atom is 0.222 e. The Kier molecular flexibility index (Phi) is 4.12. The van der Waals surface area contributed by atoms with Gasteiger partial charge in [0, 0.05) is 43.7 Å². The van der Waals surface area contributed by atoms with E-state index < -0.39 is 0 Å². The number of hydrogen-bond acceptors (Lipinski definition) is 4. The molecule has 0 spiro atoms. The van der Waals surface area contributed by atoms with Crippen LogP contribution in [0.5, 0.6) is 0 Å². The smallest absolute Gasteiger partial charge is 0.222 e. The molecule has 1 atom stereocenters. The Bertz CT molecular complexity index is 391. The van der Waals surface area contributed by atoms with Crippen molar-refractivity contribution in [2.45, 2.75) is 38.8 Å². The molecule has 1 saturated heterocycles. The predicted molar refractivity (Wildman–Crippen MR) is 69.0 cm³/mol. The highest BCUT2D eigenvalue weighted by Crippen LogP contribution is 2.15. The van der Waals surface area contributed by atoms with E-state index in [2.05, 4.69) is 17.2 Å². The monoisotopic (exact) mass is 253 g/mol. The second kappa shape index (κ2) is 5.60. The van der Waals surface area contributed by atoms with Crippen LogP contribution in [0.4, 0.5) is 0 Å². The van der Waals surface area contributed by atoms with E-state index in [1.807, 2.05) is 18.1 Å². The molecule has 0 aliphatic carbocycles. The van der Waals surface area contributed by atoms with Gasteiger partial charge in [-0.2, -0.15) is 0 Å². The first kappa shape index (κ1) is 12.5. The minimum absolute atomic E-state index is 0.258. The zero-order chi connectivity index (χ0) is 12.3. The van der Waals surface area contributed by atoms with Gasteiger partial charge >= 0.3 is 0 Å². The van der Waals surface area contributed by atoms with Crippen LogP contribution in [0.3, 0.4) is 0 Å². The number of hydrogen-bond donors (Lipinski definition) is 1. The van der Waals surface area contributed by atoms with Crippen molar-refractivity contribution in [1.29, 1.82) is 0 Å². The van der Waals surface area contributed by atoms with E-state index in [9.17, 15) is 4.79 Å². The maximum absolute atomic E-state index is 11.3. The lowest BCUT2D eigenvalue weighted by Crippen LogP contribution is -2.46. The Balaban J connectivity index is 1.80. The molecular weight excluding hydrogens is 234 g/mol. The molecule has 4 nitrogen and oxygen atoms in total. The molecule has 1 aromatic rings. The number of nitrogens with zero attached hydrogens (tertiary/aromatic N) is 2. The summed E-state index contributed by atoms with van der Waals surface area (Å²) >= 11 is 1.77. The molecule has 2 heterocycles. The van der Waals surface area contributed by atoms with Gasteiger partial charge in [-0.25, -0.2) is 4.98 Å². The van der Waals surface area contributed by atoms with Gasteiger partial charge in [0.15, 0.2) is 0 Å². The molecule has 1 amide bonds. The highest BCUT2D eigenvalue weighted by atomic mass is 32.1. The van der Waals surface area contributed by atoms with E-state index in [1.165, 1.54) is 9.88 Å². The van der Waals surface area contributed by atoms with Gasteiger partial charge in [0.1, 0.15) is 0 Å². The van der Waals surface area contributed by atoms with E-state index in [0.29, 0.717) is 12.5 Å². The van der Waals surface area contributed by atoms with E-state index in [-0.39, 0.29) is 5.91 Å². The third-order valence-electron chi connectivity index (χ3n) is 3.10. The Labute approximate surface area is 106 Å². The average molecular weight is 253 g/mol. The molecule has 1 aliphatic rings. The summed E-state index contributed by atoms with van der Waals surface area (Å²) in [5.74, 6) is 0.258. The third-order valence-corrected chi connectivity index (χ3v) is 4.24. The molecule has 1 unspecified atom stereocenters. The van der Waals surface area contributed by atoms with Gasteiger partial charge in [0.05, 0.1) is 5.01 Å². The largest absolute Gasteiger partial charge is 0.344 e. The van der Waals surface area contributed by atoms with Crippen molar-refractivity contribution in [3.05, 3.63) is 16.1 Å². The lowest BCUT2D eigenvalue weighted by Gasteiger charge is -2.30. The van der Waals surface area contributed by atoms with Crippen molar-refractivity contribution in [1.82, 2.24) is 15.2 Å². The molecule has 1 fully saturated rings. The first-order valence-electron chi connectivity index (χ1n) is 6.10. The van der Waals surface area contributed by atoms with E-state index in [4.69, 9.17) is 0 Å². The summed E-state index contributed by atoms with van der Waals surface area (Å²) in [7, 11) is 1.87. The van der Waals surface area contributed by atoms with Gasteiger partial charge in [-0.05, 0) is 12.8 Å². The maximum atomic E-state index is 11.3. The van der Waals surface area contributed by atoms with E-state index in [1.54, 1.807) is 11.3 Å². The van der Waals surface area contributed by atoms with E-state index >= 15 is 0 Å². The van der Waals surface area contributed by atoms with Crippen LogP contribution in [0.2, 0.25) is 0 Å². The van der Waals surface area contributed by atoms with Gasteiger partial charge in [-0.1, -0.05) is 6.92 Å². The normalized spacial score (nSPS) is 20.9. The Morgan fingerprint density at radius 3 is 3.12 bits per heavy atom. The number of nitrogens with one attached hydrogen (secondary N) is 1. The number of aryl methyl sites for hydroxylation is 1. The van der Waals surface area contributed by atoms with Crippen molar-refractivity contribution in [2.24, 2.45) is 0 Å². The molecule has 5 heteroatoms. The van der Waals surface area contributed by atoms with Gasteiger partial charge in [0.25, 0.3) is 0 Å². The minimum Gasteiger partial charge on any atom is -0.344 e. The number of rotatable bonds is 4. The number of thiazole rings is 1. The van der Waals surface area contributed by atoms with Gasteiger partial charge in [-0.3, -0.25) is 4.79 Å². The molecular formula is C12H19N3OS. The fourth-order valence-electron chi connectivity index (χ4n) is 2.02. The number of piperidine rings is 1. The molecule has 0 bridgehead atoms. The Morgan fingerprint density at radius 2 is 2.47 bits per heavy atom. The van der Waals surface area contributed by atoms with Crippen LogP contribution in [0.15, 0.2) is 6.20 Å². The Hall–Kier alpha value is -0.940. The quantitative estimate of drug-likeness (QED) is 0.882. The minimum atomic E-state index is 0.258. The molecule has 1 aliphatic heterocycles. The second-order valence-corrected chi connectivity index (χ2v) is 5.66. The second-order valence-electron chi connectivity index (χ2n) is 4.46. The number of likely N-dealkylation sites (tertiary alicyclic amines) is 1. The topological polar surface area (TPSA) is 45.2 Å². The fourth-order valence-corrected chi connectivity index (χ4v) is 2.83. The van der Waals surface area contributed by atoms with Gasteiger partial charge in [0.2, 0.25) is 5.91 Å². The predicted octanol–water partition coefficient (Wildman–Crippen LogP) is 1.42. The number of amides is 1. The summed E-state index contributed by atoms with van der Waals surface area (Å²) in [6, 6.07) is 0.421. The van der Waals surface area contributed by atoms with Gasteiger partial charge < -0.3 is 10.2 Å². The first-order chi connectivity index (χ1) is 8.19. The summed E-state index contributed by atoms with van der Waals surface area (Å²) in [5, 5.41) is 4.70. The van der Waals surface area contributed by atoms with Crippen molar-refractivity contribution < 1.29 is 4.79 Å². The summed E-state index contributed by atoms with van der Waals surface area (Å²) in [4.78, 5) is 18.8. The molecule has 1 aromatic heterocycles. The molecule has 0 radical (unpaired) electrons. The van der Waals surface area contributed by atoms with Crippen LogP contribution in [-0.2, 0) is 17.8 Å². The molecule has 1 N–H and O–H groups in total. The Morgan fingerprint density at radius 1 is 1.65 bits per heavy atom. The number of aromatic nitrogens is 1. The molecule has 0 saturated carbocycles. The number of likely N-dealkylation sites (N-methyl/N-ethyl adjacent to an activating group) is 1. The van der Waals surface area contributed by atoms with Crippen LogP contribution in [-0.4, -0.2) is 35.4 Å². The van der Waals surface area contributed by atoms with Crippen LogP contribution in [0.25, 0.3) is 0 Å². The summed E-state index contributed by atoms with van der Waals surface area (Å²) in [5.41, 5.74) is 0. The van der Waals surface area contributed by atoms with E-state index in [0.717, 1.165) is 25.9 Å². The van der Waals surface area contributed by atoms with Crippen LogP contribution >= 0.6 is 11.3 Å². The summed E-state index contributed by atoms with van der Waals surface area (Å²) in [6.45, 7) is 3.81. The molecule has 2 rings (SSSR count). The fraction of sp³-hybridized carbons (Fsp3) is 0.667. The SMILES string of the molecule is CCc1ncc(CNC2CCC(=O)N(C)C2)s1. The highest BCUT2D eigenvalue weighted by molar-refractivity contribution is 7.11. The standard InChI is InChI=1S/C12H19N3OS/c1-3-11-14-7-10(17-11)6-13-9-4-5-12(16)15(2)8-9/h7,9,13H,3-6,8H2,1-2H3. The molecule has 0 aromatic carbocycles. The van der Waals surface area contributed by atoms with Crippen molar-refractivity contribution >= 4 is 17.2 Å². The lowest BCUT2D eigenvalue weighted by molar-refractivity contribution is -0.132. The summed E-state index contributed by atoms with van der Waals surface area (Å²) < 4.78 is 0. The van der Waals surface area contributed by atoms with Gasteiger partial charge in [-0.15, -0.1) is 11.3 Å². The number of carbonyl (C=O) groups excluding carboxylic acids is 1.